The first-order valence-electron chi connectivity index (χ1n) is 7.79. The summed E-state index contributed by atoms with van der Waals surface area (Å²) >= 11 is 0. The molecule has 22 heavy (non-hydrogen) atoms. The first-order valence-corrected chi connectivity index (χ1v) is 10.7. The van der Waals surface area contributed by atoms with Gasteiger partial charge in [0.15, 0.2) is 14.1 Å². The highest BCUT2D eigenvalue weighted by Crippen LogP contribution is 2.37. The Bertz CT molecular complexity index is 388. The summed E-state index contributed by atoms with van der Waals surface area (Å²) in [6, 6.07) is 0. The van der Waals surface area contributed by atoms with E-state index in [1.165, 1.54) is 6.08 Å². The van der Waals surface area contributed by atoms with Crippen molar-refractivity contribution in [3.8, 4) is 0 Å². The highest BCUT2D eigenvalue weighted by Gasteiger charge is 2.48. The lowest BCUT2D eigenvalue weighted by Crippen LogP contribution is -2.48. The Morgan fingerprint density at radius 2 is 1.73 bits per heavy atom. The molecule has 1 aliphatic rings. The molecule has 0 spiro atoms. The zero-order valence-corrected chi connectivity index (χ0v) is 15.9. The van der Waals surface area contributed by atoms with Crippen molar-refractivity contribution in [2.75, 3.05) is 6.61 Å². The van der Waals surface area contributed by atoms with Gasteiger partial charge in [-0.25, -0.2) is 0 Å². The molecule has 1 aliphatic heterocycles. The van der Waals surface area contributed by atoms with Gasteiger partial charge in [0.05, 0.1) is 6.61 Å². The van der Waals surface area contributed by atoms with E-state index in [1.807, 2.05) is 0 Å². The average Bonchev–Trinajstić information content (AvgIpc) is 2.70. The van der Waals surface area contributed by atoms with E-state index in [0.717, 1.165) is 0 Å². The third kappa shape index (κ3) is 4.63. The van der Waals surface area contributed by atoms with Crippen molar-refractivity contribution in [3.63, 3.8) is 0 Å². The van der Waals surface area contributed by atoms with Crippen LogP contribution >= 0.6 is 0 Å². The summed E-state index contributed by atoms with van der Waals surface area (Å²) in [5.41, 5.74) is 0. The summed E-state index contributed by atoms with van der Waals surface area (Å²) < 4.78 is 17.5. The van der Waals surface area contributed by atoms with E-state index in [1.54, 1.807) is 13.8 Å². The van der Waals surface area contributed by atoms with Gasteiger partial charge in [0.25, 0.3) is 0 Å². The van der Waals surface area contributed by atoms with Crippen molar-refractivity contribution in [1.82, 2.24) is 0 Å². The highest BCUT2D eigenvalue weighted by atomic mass is 28.4. The molecule has 0 bridgehead atoms. The van der Waals surface area contributed by atoms with Gasteiger partial charge < -0.3 is 24.1 Å². The summed E-state index contributed by atoms with van der Waals surface area (Å²) in [4.78, 5) is 0. The fraction of sp³-hybridized carbons (Fsp3) is 0.875. The molecule has 2 N–H and O–H groups in total. The predicted octanol–water partition coefficient (Wildman–Crippen LogP) is 2.44. The number of rotatable bonds is 6. The number of hydrogen-bond acceptors (Lipinski definition) is 5. The van der Waals surface area contributed by atoms with E-state index < -0.39 is 38.5 Å². The monoisotopic (exact) mass is 332 g/mol. The van der Waals surface area contributed by atoms with Crippen molar-refractivity contribution >= 4 is 8.32 Å². The van der Waals surface area contributed by atoms with Crippen LogP contribution in [0.25, 0.3) is 0 Å². The molecule has 5 nitrogen and oxygen atoms in total. The van der Waals surface area contributed by atoms with Crippen LogP contribution in [0, 0.1) is 0 Å². The van der Waals surface area contributed by atoms with E-state index in [9.17, 15) is 10.2 Å². The minimum Gasteiger partial charge on any atom is -0.414 e. The summed E-state index contributed by atoms with van der Waals surface area (Å²) in [6.45, 7) is 18.0. The van der Waals surface area contributed by atoms with Gasteiger partial charge in [-0.05, 0) is 32.0 Å². The SMILES string of the molecule is C=C[C@@H](O)C1OC(C)(C)OC1[C@H](O)CO[Si](C)(C)C(C)(C)C. The number of hydrogen-bond donors (Lipinski definition) is 2. The zero-order chi connectivity index (χ0) is 17.3. The normalized spacial score (nSPS) is 28.4. The molecule has 2 unspecified atom stereocenters. The van der Waals surface area contributed by atoms with Gasteiger partial charge in [-0.15, -0.1) is 6.58 Å². The number of ether oxygens (including phenoxy) is 2. The maximum Gasteiger partial charge on any atom is 0.192 e. The largest absolute Gasteiger partial charge is 0.414 e. The summed E-state index contributed by atoms with van der Waals surface area (Å²) in [7, 11) is -1.95. The molecule has 1 heterocycles. The fourth-order valence-electron chi connectivity index (χ4n) is 2.12. The number of aliphatic hydroxyl groups is 2. The molecule has 0 aromatic carbocycles. The molecule has 0 aromatic rings. The molecule has 6 heteroatoms. The lowest BCUT2D eigenvalue weighted by atomic mass is 10.0. The molecule has 1 saturated heterocycles. The highest BCUT2D eigenvalue weighted by molar-refractivity contribution is 6.74. The molecule has 0 amide bonds. The first-order chi connectivity index (χ1) is 9.81. The Morgan fingerprint density at radius 3 is 2.18 bits per heavy atom. The van der Waals surface area contributed by atoms with E-state index in [2.05, 4.69) is 40.4 Å². The van der Waals surface area contributed by atoms with Gasteiger partial charge in [-0.3, -0.25) is 0 Å². The molecule has 0 saturated carbocycles. The zero-order valence-electron chi connectivity index (χ0n) is 14.9. The van der Waals surface area contributed by atoms with Crippen molar-refractivity contribution in [1.29, 1.82) is 0 Å². The lowest BCUT2D eigenvalue weighted by molar-refractivity contribution is -0.160. The molecule has 0 aromatic heterocycles. The number of aliphatic hydroxyl groups excluding tert-OH is 2. The minimum absolute atomic E-state index is 0.0685. The summed E-state index contributed by atoms with van der Waals surface area (Å²) in [5, 5.41) is 20.5. The van der Waals surface area contributed by atoms with E-state index >= 15 is 0 Å². The van der Waals surface area contributed by atoms with Crippen molar-refractivity contribution in [2.45, 2.75) is 83.0 Å². The molecule has 4 atom stereocenters. The second-order valence-corrected chi connectivity index (χ2v) is 12.7. The molecule has 1 rings (SSSR count). The van der Waals surface area contributed by atoms with Crippen LogP contribution in [-0.4, -0.2) is 55.3 Å². The average molecular weight is 333 g/mol. The Balaban J connectivity index is 2.75. The predicted molar refractivity (Wildman–Crippen MR) is 89.2 cm³/mol. The van der Waals surface area contributed by atoms with Crippen LogP contribution in [0.5, 0.6) is 0 Å². The fourth-order valence-corrected chi connectivity index (χ4v) is 3.14. The van der Waals surface area contributed by atoms with Crippen LogP contribution < -0.4 is 0 Å². The Hall–Kier alpha value is -0.243. The van der Waals surface area contributed by atoms with Crippen LogP contribution in [0.3, 0.4) is 0 Å². The van der Waals surface area contributed by atoms with Crippen LogP contribution in [0.2, 0.25) is 18.1 Å². The Kier molecular flexibility index (Phi) is 6.04. The van der Waals surface area contributed by atoms with Gasteiger partial charge in [-0.1, -0.05) is 26.8 Å². The van der Waals surface area contributed by atoms with Crippen LogP contribution in [0.1, 0.15) is 34.6 Å². The van der Waals surface area contributed by atoms with Crippen LogP contribution in [-0.2, 0) is 13.9 Å². The second kappa shape index (κ2) is 6.71. The van der Waals surface area contributed by atoms with E-state index in [-0.39, 0.29) is 11.6 Å². The third-order valence-electron chi connectivity index (χ3n) is 4.54. The maximum atomic E-state index is 10.5. The van der Waals surface area contributed by atoms with Gasteiger partial charge in [0, 0.05) is 0 Å². The molecular weight excluding hydrogens is 300 g/mol. The summed E-state index contributed by atoms with van der Waals surface area (Å²) in [6.07, 6.45) is -1.66. The smallest absolute Gasteiger partial charge is 0.192 e. The maximum absolute atomic E-state index is 10.5. The molecule has 0 radical (unpaired) electrons. The Labute approximate surface area is 135 Å². The van der Waals surface area contributed by atoms with Crippen LogP contribution in [0.15, 0.2) is 12.7 Å². The van der Waals surface area contributed by atoms with Crippen molar-refractivity contribution in [3.05, 3.63) is 12.7 Å². The summed E-state index contributed by atoms with van der Waals surface area (Å²) in [5.74, 6) is -0.850. The Morgan fingerprint density at radius 1 is 1.23 bits per heavy atom. The van der Waals surface area contributed by atoms with Gasteiger partial charge in [0.2, 0.25) is 0 Å². The second-order valence-electron chi connectivity index (χ2n) is 7.93. The standard InChI is InChI=1S/C16H32O5Si/c1-9-11(17)13-14(21-16(5,6)20-13)12(18)10-19-22(7,8)15(2,3)4/h9,11-14,17-18H,1,10H2,2-8H3/t11-,12-,13?,14?/m1/s1. The lowest BCUT2D eigenvalue weighted by Gasteiger charge is -2.37. The van der Waals surface area contributed by atoms with Gasteiger partial charge >= 0.3 is 0 Å². The van der Waals surface area contributed by atoms with Gasteiger partial charge in [-0.2, -0.15) is 0 Å². The first kappa shape index (κ1) is 19.8. The van der Waals surface area contributed by atoms with Crippen LogP contribution in [0.4, 0.5) is 0 Å². The van der Waals surface area contributed by atoms with Crippen molar-refractivity contribution < 1.29 is 24.1 Å². The quantitative estimate of drug-likeness (QED) is 0.577. The molecule has 0 aliphatic carbocycles. The molecule has 130 valence electrons. The topological polar surface area (TPSA) is 68.2 Å². The van der Waals surface area contributed by atoms with Crippen molar-refractivity contribution in [2.24, 2.45) is 0 Å². The van der Waals surface area contributed by atoms with Gasteiger partial charge in [0.1, 0.15) is 24.4 Å². The molecular formula is C16H32O5Si. The minimum atomic E-state index is -1.95. The third-order valence-corrected chi connectivity index (χ3v) is 9.04. The van der Waals surface area contributed by atoms with E-state index in [4.69, 9.17) is 13.9 Å². The molecule has 1 fully saturated rings. The van der Waals surface area contributed by atoms with E-state index in [0.29, 0.717) is 0 Å².